The van der Waals surface area contributed by atoms with Gasteiger partial charge in [-0.25, -0.2) is 0 Å². The van der Waals surface area contributed by atoms with Crippen LogP contribution < -0.4 is 10.5 Å². The second-order valence-corrected chi connectivity index (χ2v) is 5.78. The van der Waals surface area contributed by atoms with Crippen molar-refractivity contribution in [3.63, 3.8) is 0 Å². The fraction of sp³-hybridized carbons (Fsp3) is 0.294. The van der Waals surface area contributed by atoms with Gasteiger partial charge in [0.05, 0.1) is 0 Å². The number of halogens is 1. The van der Waals surface area contributed by atoms with E-state index < -0.39 is 0 Å². The third-order valence-electron chi connectivity index (χ3n) is 3.32. The Bertz CT molecular complexity index is 569. The number of hydrogen-bond donors (Lipinski definition) is 1. The van der Waals surface area contributed by atoms with E-state index in [1.807, 2.05) is 24.3 Å². The highest BCUT2D eigenvalue weighted by Crippen LogP contribution is 2.25. The molecule has 0 radical (unpaired) electrons. The molecule has 2 rings (SSSR count). The van der Waals surface area contributed by atoms with Crippen molar-refractivity contribution in [2.45, 2.75) is 26.4 Å². The maximum Gasteiger partial charge on any atom is 0.123 e. The summed E-state index contributed by atoms with van der Waals surface area (Å²) in [4.78, 5) is 0. The topological polar surface area (TPSA) is 35.2 Å². The maximum absolute atomic E-state index is 5.99. The van der Waals surface area contributed by atoms with Crippen molar-refractivity contribution < 1.29 is 4.74 Å². The molecule has 0 aliphatic heterocycles. The number of nitrogens with two attached hydrogens (primary N) is 1. The molecule has 0 aliphatic rings. The van der Waals surface area contributed by atoms with Gasteiger partial charge in [-0.15, -0.1) is 0 Å². The number of ether oxygens (including phenoxy) is 1. The predicted octanol–water partition coefficient (Wildman–Crippen LogP) is 4.23. The summed E-state index contributed by atoms with van der Waals surface area (Å²) in [5, 5.41) is 0. The van der Waals surface area contributed by atoms with Gasteiger partial charge in [-0.2, -0.15) is 0 Å². The van der Waals surface area contributed by atoms with Crippen LogP contribution in [0, 0.1) is 6.92 Å². The summed E-state index contributed by atoms with van der Waals surface area (Å²) in [7, 11) is 0. The minimum absolute atomic E-state index is 0.601. The summed E-state index contributed by atoms with van der Waals surface area (Å²) in [6.45, 7) is 3.41. The van der Waals surface area contributed by atoms with Crippen molar-refractivity contribution in [3.8, 4) is 5.75 Å². The lowest BCUT2D eigenvalue weighted by atomic mass is 10.1. The van der Waals surface area contributed by atoms with Gasteiger partial charge in [0, 0.05) is 4.47 Å². The van der Waals surface area contributed by atoms with Crippen molar-refractivity contribution in [1.82, 2.24) is 0 Å². The van der Waals surface area contributed by atoms with E-state index in [9.17, 15) is 0 Å². The Morgan fingerprint density at radius 3 is 2.65 bits per heavy atom. The largest absolute Gasteiger partial charge is 0.489 e. The Morgan fingerprint density at radius 1 is 1.10 bits per heavy atom. The highest BCUT2D eigenvalue weighted by atomic mass is 79.9. The Hall–Kier alpha value is -1.32. The lowest BCUT2D eigenvalue weighted by Gasteiger charge is -2.13. The Kier molecular flexibility index (Phi) is 5.62. The molecule has 0 spiro atoms. The summed E-state index contributed by atoms with van der Waals surface area (Å²) in [5.41, 5.74) is 9.28. The van der Waals surface area contributed by atoms with Gasteiger partial charge in [-0.1, -0.05) is 40.2 Å². The normalized spacial score (nSPS) is 10.6. The third-order valence-corrected chi connectivity index (χ3v) is 3.81. The summed E-state index contributed by atoms with van der Waals surface area (Å²) >= 11 is 3.51. The zero-order valence-corrected chi connectivity index (χ0v) is 13.3. The zero-order valence-electron chi connectivity index (χ0n) is 11.7. The molecular formula is C17H20BrNO. The monoisotopic (exact) mass is 333 g/mol. The van der Waals surface area contributed by atoms with Crippen LogP contribution >= 0.6 is 15.9 Å². The Labute approximate surface area is 129 Å². The van der Waals surface area contributed by atoms with Crippen molar-refractivity contribution in [3.05, 3.63) is 63.6 Å². The first-order valence-corrected chi connectivity index (χ1v) is 7.66. The van der Waals surface area contributed by atoms with Crippen LogP contribution in [0.2, 0.25) is 0 Å². The van der Waals surface area contributed by atoms with Crippen molar-refractivity contribution >= 4 is 15.9 Å². The standard InChI is InChI=1S/C17H20BrNO/c1-13-5-2-3-6-15(13)12-20-17-9-8-16(18)11-14(17)7-4-10-19/h2-3,5-6,8-9,11H,4,7,10,12,19H2,1H3. The number of rotatable bonds is 6. The van der Waals surface area contributed by atoms with Gasteiger partial charge in [0.25, 0.3) is 0 Å². The average molecular weight is 334 g/mol. The summed E-state index contributed by atoms with van der Waals surface area (Å²) in [6, 6.07) is 14.5. The number of hydrogen-bond acceptors (Lipinski definition) is 2. The molecule has 2 aromatic rings. The maximum atomic E-state index is 5.99. The third kappa shape index (κ3) is 4.09. The highest BCUT2D eigenvalue weighted by molar-refractivity contribution is 9.10. The fourth-order valence-corrected chi connectivity index (χ4v) is 2.51. The molecule has 0 fully saturated rings. The first-order valence-electron chi connectivity index (χ1n) is 6.86. The first kappa shape index (κ1) is 15.1. The van der Waals surface area contributed by atoms with Gasteiger partial charge in [-0.3, -0.25) is 0 Å². The molecule has 0 amide bonds. The van der Waals surface area contributed by atoms with E-state index in [0.29, 0.717) is 13.2 Å². The van der Waals surface area contributed by atoms with E-state index in [1.54, 1.807) is 0 Å². The van der Waals surface area contributed by atoms with Crippen LogP contribution in [0.4, 0.5) is 0 Å². The molecule has 0 heterocycles. The Balaban J connectivity index is 2.10. The molecule has 2 nitrogen and oxygen atoms in total. The SMILES string of the molecule is Cc1ccccc1COc1ccc(Br)cc1CCCN. The molecule has 0 atom stereocenters. The Morgan fingerprint density at radius 2 is 1.90 bits per heavy atom. The van der Waals surface area contributed by atoms with Crippen LogP contribution in [0.1, 0.15) is 23.1 Å². The van der Waals surface area contributed by atoms with E-state index in [4.69, 9.17) is 10.5 Å². The van der Waals surface area contributed by atoms with E-state index in [1.165, 1.54) is 16.7 Å². The molecule has 0 unspecified atom stereocenters. The van der Waals surface area contributed by atoms with Crippen LogP contribution in [0.3, 0.4) is 0 Å². The minimum Gasteiger partial charge on any atom is -0.489 e. The second-order valence-electron chi connectivity index (χ2n) is 4.86. The molecule has 2 aromatic carbocycles. The van der Waals surface area contributed by atoms with E-state index in [2.05, 4.69) is 41.1 Å². The quantitative estimate of drug-likeness (QED) is 0.858. The van der Waals surface area contributed by atoms with Gasteiger partial charge in [0.2, 0.25) is 0 Å². The molecule has 0 aliphatic carbocycles. The van der Waals surface area contributed by atoms with Gasteiger partial charge < -0.3 is 10.5 Å². The van der Waals surface area contributed by atoms with Crippen LogP contribution in [0.15, 0.2) is 46.9 Å². The van der Waals surface area contributed by atoms with Crippen molar-refractivity contribution in [2.75, 3.05) is 6.54 Å². The number of benzene rings is 2. The second kappa shape index (κ2) is 7.46. The van der Waals surface area contributed by atoms with Crippen LogP contribution in [-0.2, 0) is 13.0 Å². The van der Waals surface area contributed by atoms with Gasteiger partial charge >= 0.3 is 0 Å². The molecule has 0 saturated carbocycles. The molecular weight excluding hydrogens is 314 g/mol. The van der Waals surface area contributed by atoms with Crippen LogP contribution in [-0.4, -0.2) is 6.54 Å². The molecule has 2 N–H and O–H groups in total. The molecule has 20 heavy (non-hydrogen) atoms. The van der Waals surface area contributed by atoms with Crippen LogP contribution in [0.5, 0.6) is 5.75 Å². The zero-order chi connectivity index (χ0) is 14.4. The number of aryl methyl sites for hydroxylation is 2. The smallest absolute Gasteiger partial charge is 0.123 e. The summed E-state index contributed by atoms with van der Waals surface area (Å²) in [6.07, 6.45) is 1.91. The van der Waals surface area contributed by atoms with Gasteiger partial charge in [0.1, 0.15) is 12.4 Å². The molecule has 0 aromatic heterocycles. The average Bonchev–Trinajstić information content (AvgIpc) is 2.45. The van der Waals surface area contributed by atoms with E-state index >= 15 is 0 Å². The van der Waals surface area contributed by atoms with E-state index in [0.717, 1.165) is 23.1 Å². The van der Waals surface area contributed by atoms with Crippen molar-refractivity contribution in [2.24, 2.45) is 5.73 Å². The molecule has 3 heteroatoms. The van der Waals surface area contributed by atoms with Crippen molar-refractivity contribution in [1.29, 1.82) is 0 Å². The lowest BCUT2D eigenvalue weighted by molar-refractivity contribution is 0.302. The summed E-state index contributed by atoms with van der Waals surface area (Å²) < 4.78 is 7.07. The molecule has 106 valence electrons. The van der Waals surface area contributed by atoms with E-state index in [-0.39, 0.29) is 0 Å². The predicted molar refractivity (Wildman–Crippen MR) is 87.0 cm³/mol. The van der Waals surface area contributed by atoms with Crippen LogP contribution in [0.25, 0.3) is 0 Å². The lowest BCUT2D eigenvalue weighted by Crippen LogP contribution is -2.03. The molecule has 0 bridgehead atoms. The summed E-state index contributed by atoms with van der Waals surface area (Å²) in [5.74, 6) is 0.949. The van der Waals surface area contributed by atoms with Gasteiger partial charge in [0.15, 0.2) is 0 Å². The molecule has 0 saturated heterocycles. The first-order chi connectivity index (χ1) is 9.70. The fourth-order valence-electron chi connectivity index (χ4n) is 2.10. The highest BCUT2D eigenvalue weighted by Gasteiger charge is 2.06. The minimum atomic E-state index is 0.601. The van der Waals surface area contributed by atoms with Gasteiger partial charge in [-0.05, 0) is 61.2 Å².